The molecule has 0 aromatic heterocycles. The lowest BCUT2D eigenvalue weighted by Crippen LogP contribution is -2.59. The summed E-state index contributed by atoms with van der Waals surface area (Å²) in [5.74, 6) is -5.00. The van der Waals surface area contributed by atoms with Gasteiger partial charge in [-0.1, -0.05) is 117 Å². The van der Waals surface area contributed by atoms with Gasteiger partial charge in [-0.05, 0) is 51.4 Å². The van der Waals surface area contributed by atoms with E-state index in [0.29, 0.717) is 25.8 Å². The monoisotopic (exact) mass is 609 g/mol. The fourth-order valence-corrected chi connectivity index (χ4v) is 6.26. The molecule has 0 radical (unpaired) electrons. The number of carbonyl (C=O) groups is 3. The van der Waals surface area contributed by atoms with Crippen LogP contribution in [0.25, 0.3) is 0 Å². The Labute approximate surface area is 264 Å². The van der Waals surface area contributed by atoms with E-state index < -0.39 is 35.7 Å². The van der Waals surface area contributed by atoms with E-state index in [1.165, 1.54) is 83.5 Å². The fraction of sp³-hybridized carbons (Fsp3) is 0.861. The third kappa shape index (κ3) is 20.7. The van der Waals surface area contributed by atoms with Crippen molar-refractivity contribution in [3.8, 4) is 0 Å². The van der Waals surface area contributed by atoms with Crippen molar-refractivity contribution >= 4 is 17.9 Å². The first-order valence-electron chi connectivity index (χ1n) is 17.8. The molecule has 7 nitrogen and oxygen atoms in total. The van der Waals surface area contributed by atoms with E-state index in [2.05, 4.69) is 19.1 Å². The molecule has 0 fully saturated rings. The Balaban J connectivity index is 4.69. The molecular weight excluding hydrogens is 542 g/mol. The molecule has 0 aliphatic rings. The van der Waals surface area contributed by atoms with Crippen LogP contribution in [0.4, 0.5) is 0 Å². The zero-order valence-electron chi connectivity index (χ0n) is 28.3. The predicted molar refractivity (Wildman–Crippen MR) is 175 cm³/mol. The van der Waals surface area contributed by atoms with E-state index in [1.54, 1.807) is 6.92 Å². The Bertz CT molecular complexity index is 692. The lowest BCUT2D eigenvalue weighted by Gasteiger charge is -2.44. The van der Waals surface area contributed by atoms with Crippen LogP contribution < -0.4 is 5.11 Å². The van der Waals surface area contributed by atoms with Crippen LogP contribution in [0.5, 0.6) is 0 Å². The van der Waals surface area contributed by atoms with Crippen molar-refractivity contribution in [2.45, 2.75) is 156 Å². The zero-order chi connectivity index (χ0) is 32.3. The topological polar surface area (TPSA) is 115 Å². The Hall–Kier alpha value is -1.89. The van der Waals surface area contributed by atoms with E-state index in [0.717, 1.165) is 25.7 Å². The van der Waals surface area contributed by atoms with Gasteiger partial charge in [0.05, 0.1) is 32.1 Å². The van der Waals surface area contributed by atoms with Crippen molar-refractivity contribution in [1.29, 1.82) is 0 Å². The number of carboxylic acid groups (broad SMARTS) is 3. The third-order valence-electron chi connectivity index (χ3n) is 9.23. The molecule has 252 valence electrons. The molecule has 0 saturated heterocycles. The molecule has 7 heteroatoms. The van der Waals surface area contributed by atoms with Crippen LogP contribution in [0.1, 0.15) is 156 Å². The van der Waals surface area contributed by atoms with E-state index in [-0.39, 0.29) is 24.1 Å². The average Bonchev–Trinajstić information content (AvgIpc) is 2.98. The first-order valence-corrected chi connectivity index (χ1v) is 17.8. The number of aliphatic carboxylic acids is 3. The molecule has 0 aromatic rings. The number of quaternary nitrogens is 1. The molecule has 0 rings (SSSR count). The van der Waals surface area contributed by atoms with Crippen LogP contribution >= 0.6 is 0 Å². The summed E-state index contributed by atoms with van der Waals surface area (Å²) in [6.45, 7) is 8.97. The first-order chi connectivity index (χ1) is 20.7. The van der Waals surface area contributed by atoms with Gasteiger partial charge in [0.15, 0.2) is 0 Å². The highest BCUT2D eigenvalue weighted by molar-refractivity contribution is 5.70. The Kier molecular flexibility index (Phi) is 25.3. The van der Waals surface area contributed by atoms with Crippen molar-refractivity contribution in [2.24, 2.45) is 17.8 Å². The second-order valence-electron chi connectivity index (χ2n) is 12.9. The normalized spacial score (nSPS) is 15.3. The van der Waals surface area contributed by atoms with Crippen LogP contribution in [-0.4, -0.2) is 58.8 Å². The van der Waals surface area contributed by atoms with Crippen LogP contribution in [0.15, 0.2) is 12.2 Å². The molecule has 0 saturated carbocycles. The van der Waals surface area contributed by atoms with Gasteiger partial charge in [0.1, 0.15) is 11.8 Å². The molecule has 0 amide bonds. The summed E-state index contributed by atoms with van der Waals surface area (Å²) in [4.78, 5) is 35.8. The van der Waals surface area contributed by atoms with Crippen LogP contribution in [0.2, 0.25) is 0 Å². The average molecular weight is 610 g/mol. The van der Waals surface area contributed by atoms with Gasteiger partial charge in [-0.3, -0.25) is 9.59 Å². The highest BCUT2D eigenvalue weighted by Gasteiger charge is 2.39. The van der Waals surface area contributed by atoms with Gasteiger partial charge >= 0.3 is 11.9 Å². The van der Waals surface area contributed by atoms with Gasteiger partial charge in [0, 0.05) is 5.92 Å². The first kappa shape index (κ1) is 41.1. The summed E-state index contributed by atoms with van der Waals surface area (Å²) in [6, 6.07) is 0. The number of carbonyl (C=O) groups excluding carboxylic acids is 1. The summed E-state index contributed by atoms with van der Waals surface area (Å²) in [5, 5.41) is 31.5. The molecule has 0 bridgehead atoms. The second kappa shape index (κ2) is 26.5. The van der Waals surface area contributed by atoms with E-state index in [9.17, 15) is 29.7 Å². The van der Waals surface area contributed by atoms with Crippen LogP contribution in [0, 0.1) is 17.8 Å². The SMILES string of the molecule is CCCCCCCCCCCCCCC/C=C/CCCC[N+](CC(CC)C(=O)[O-])(CC(CC)C(=O)O)CC(CC)C(=O)O. The molecule has 2 N–H and O–H groups in total. The maximum Gasteiger partial charge on any atom is 0.312 e. The quantitative estimate of drug-likeness (QED) is 0.0467. The van der Waals surface area contributed by atoms with Gasteiger partial charge < -0.3 is 24.6 Å². The molecule has 0 heterocycles. The summed E-state index contributed by atoms with van der Waals surface area (Å²) >= 11 is 0. The van der Waals surface area contributed by atoms with Crippen LogP contribution in [0.3, 0.4) is 0 Å². The number of nitrogens with zero attached hydrogens (tertiary/aromatic N) is 1. The maximum atomic E-state index is 12.0. The van der Waals surface area contributed by atoms with Crippen molar-refractivity contribution in [1.82, 2.24) is 0 Å². The maximum absolute atomic E-state index is 12.0. The summed E-state index contributed by atoms with van der Waals surface area (Å²) in [6.07, 6.45) is 27.0. The number of unbranched alkanes of at least 4 members (excludes halogenated alkanes) is 15. The second-order valence-corrected chi connectivity index (χ2v) is 12.9. The zero-order valence-corrected chi connectivity index (χ0v) is 28.3. The predicted octanol–water partition coefficient (Wildman–Crippen LogP) is 8.01. The number of rotatable bonds is 31. The van der Waals surface area contributed by atoms with E-state index >= 15 is 0 Å². The molecule has 0 aliphatic heterocycles. The van der Waals surface area contributed by atoms with Gasteiger partial charge in [0.2, 0.25) is 0 Å². The van der Waals surface area contributed by atoms with Crippen LogP contribution in [-0.2, 0) is 14.4 Å². The molecule has 0 aromatic carbocycles. The number of hydrogen-bond acceptors (Lipinski definition) is 4. The lowest BCUT2D eigenvalue weighted by molar-refractivity contribution is -0.935. The molecule has 43 heavy (non-hydrogen) atoms. The summed E-state index contributed by atoms with van der Waals surface area (Å²) in [5.41, 5.74) is 0. The van der Waals surface area contributed by atoms with E-state index in [4.69, 9.17) is 0 Å². The largest absolute Gasteiger partial charge is 0.550 e. The minimum Gasteiger partial charge on any atom is -0.550 e. The molecule has 0 spiro atoms. The Morgan fingerprint density at radius 1 is 0.558 bits per heavy atom. The van der Waals surface area contributed by atoms with Gasteiger partial charge in [-0.25, -0.2) is 0 Å². The summed E-state index contributed by atoms with van der Waals surface area (Å²) < 4.78 is 0.199. The third-order valence-corrected chi connectivity index (χ3v) is 9.23. The molecule has 3 unspecified atom stereocenters. The number of hydrogen-bond donors (Lipinski definition) is 2. The smallest absolute Gasteiger partial charge is 0.312 e. The van der Waals surface area contributed by atoms with Crippen molar-refractivity contribution in [2.75, 3.05) is 26.2 Å². The minimum absolute atomic E-state index is 0.199. The molecule has 0 aliphatic carbocycles. The van der Waals surface area contributed by atoms with Gasteiger partial charge in [-0.2, -0.15) is 0 Å². The molecular formula is C36H67NO6. The van der Waals surface area contributed by atoms with Crippen molar-refractivity contribution in [3.63, 3.8) is 0 Å². The highest BCUT2D eigenvalue weighted by atomic mass is 16.4. The van der Waals surface area contributed by atoms with Crippen molar-refractivity contribution < 1.29 is 34.2 Å². The lowest BCUT2D eigenvalue weighted by atomic mass is 9.95. The van der Waals surface area contributed by atoms with Gasteiger partial charge in [0.25, 0.3) is 0 Å². The Morgan fingerprint density at radius 2 is 0.907 bits per heavy atom. The fourth-order valence-electron chi connectivity index (χ4n) is 6.26. The van der Waals surface area contributed by atoms with E-state index in [1.807, 2.05) is 13.8 Å². The molecule has 3 atom stereocenters. The number of carboxylic acids is 3. The standard InChI is InChI=1S/C36H67NO6/c1-5-9-10-11-12-13-14-15-16-17-18-19-20-21-22-23-24-25-26-27-37(28-31(6-2)34(38)39,29-32(7-3)35(40)41)30-33(8-4)36(42)43/h22-23,31-33H,5-21,24-30H2,1-4H3,(H2-,38,39,40,41,42,43)/b23-22+. The van der Waals surface area contributed by atoms with Gasteiger partial charge in [-0.15, -0.1) is 0 Å². The Morgan fingerprint density at radius 3 is 1.26 bits per heavy atom. The summed E-state index contributed by atoms with van der Waals surface area (Å²) in [7, 11) is 0. The van der Waals surface area contributed by atoms with Crippen molar-refractivity contribution in [3.05, 3.63) is 12.2 Å². The number of allylic oxidation sites excluding steroid dienone is 2. The minimum atomic E-state index is -1.15. The highest BCUT2D eigenvalue weighted by Crippen LogP contribution is 2.25.